The fraction of sp³-hybridized carbons (Fsp3) is 0.571. The molecule has 0 fully saturated rings. The summed E-state index contributed by atoms with van der Waals surface area (Å²) in [5, 5.41) is 12.2. The lowest BCUT2D eigenvalue weighted by Gasteiger charge is -2.27. The van der Waals surface area contributed by atoms with Crippen molar-refractivity contribution < 1.29 is 4.74 Å². The lowest BCUT2D eigenvalue weighted by Crippen LogP contribution is -2.47. The van der Waals surface area contributed by atoms with E-state index in [9.17, 15) is 0 Å². The van der Waals surface area contributed by atoms with E-state index in [1.165, 1.54) is 5.56 Å². The average molecular weight is 547 g/mol. The van der Waals surface area contributed by atoms with Gasteiger partial charge >= 0.3 is 0 Å². The molecule has 0 radical (unpaired) electrons. The summed E-state index contributed by atoms with van der Waals surface area (Å²) in [5.41, 5.74) is 1.06. The number of benzene rings is 1. The molecule has 0 bridgehead atoms. The molecule has 3 rings (SSSR count). The van der Waals surface area contributed by atoms with Crippen molar-refractivity contribution in [3.05, 3.63) is 46.5 Å². The number of hydrogen-bond donors (Lipinski definition) is 2. The average Bonchev–Trinajstić information content (AvgIpc) is 3.08. The molecule has 0 saturated carbocycles. The number of halogens is 2. The third-order valence-electron chi connectivity index (χ3n) is 5.10. The normalized spacial score (nSPS) is 16.6. The molecule has 9 heteroatoms. The van der Waals surface area contributed by atoms with Crippen molar-refractivity contribution in [1.82, 2.24) is 25.4 Å². The summed E-state index contributed by atoms with van der Waals surface area (Å²) in [5.74, 6) is 2.60. The molecule has 0 spiro atoms. The topological polar surface area (TPSA) is 76.4 Å². The highest BCUT2D eigenvalue weighted by Crippen LogP contribution is 2.26. The van der Waals surface area contributed by atoms with E-state index in [0.717, 1.165) is 48.6 Å². The van der Waals surface area contributed by atoms with E-state index in [1.54, 1.807) is 7.11 Å². The first kappa shape index (κ1) is 24.9. The van der Waals surface area contributed by atoms with Crippen LogP contribution in [0.2, 0.25) is 5.02 Å². The van der Waals surface area contributed by atoms with Crippen molar-refractivity contribution >= 4 is 41.5 Å². The van der Waals surface area contributed by atoms with Crippen LogP contribution in [0.3, 0.4) is 0 Å². The predicted octanol–water partition coefficient (Wildman–Crippen LogP) is 3.54. The third-order valence-corrected chi connectivity index (χ3v) is 5.33. The molecular formula is C21H32ClIN6O. The van der Waals surface area contributed by atoms with Crippen molar-refractivity contribution in [3.8, 4) is 0 Å². The fourth-order valence-corrected chi connectivity index (χ4v) is 3.65. The molecule has 1 aliphatic heterocycles. The van der Waals surface area contributed by atoms with Crippen LogP contribution < -0.4 is 10.6 Å². The molecule has 2 aromatic rings. The molecule has 1 aliphatic rings. The van der Waals surface area contributed by atoms with Crippen LogP contribution >= 0.6 is 35.6 Å². The highest BCUT2D eigenvalue weighted by atomic mass is 127. The molecule has 1 unspecified atom stereocenters. The summed E-state index contributed by atoms with van der Waals surface area (Å²) >= 11 is 6.17. The van der Waals surface area contributed by atoms with E-state index in [-0.39, 0.29) is 35.4 Å². The van der Waals surface area contributed by atoms with E-state index < -0.39 is 0 Å². The van der Waals surface area contributed by atoms with E-state index in [0.29, 0.717) is 13.2 Å². The van der Waals surface area contributed by atoms with E-state index in [2.05, 4.69) is 47.6 Å². The van der Waals surface area contributed by atoms with Crippen LogP contribution in [0.15, 0.2) is 29.3 Å². The maximum absolute atomic E-state index is 6.17. The number of methoxy groups -OCH3 is 1. The highest BCUT2D eigenvalue weighted by molar-refractivity contribution is 14.0. The zero-order chi connectivity index (χ0) is 20.9. The number of fused-ring (bicyclic) bond motifs is 1. The Balaban J connectivity index is 0.00000320. The number of ether oxygens (including phenoxy) is 1. The number of guanidine groups is 1. The molecular weight excluding hydrogens is 515 g/mol. The van der Waals surface area contributed by atoms with Crippen molar-refractivity contribution in [3.63, 3.8) is 0 Å². The van der Waals surface area contributed by atoms with Gasteiger partial charge in [-0.25, -0.2) is 9.67 Å². The molecule has 30 heavy (non-hydrogen) atoms. The maximum atomic E-state index is 6.17. The number of aliphatic imine (C=N–C) groups is 1. The van der Waals surface area contributed by atoms with Gasteiger partial charge in [-0.2, -0.15) is 5.10 Å². The number of nitrogens with zero attached hydrogens (tertiary/aromatic N) is 4. The Morgan fingerprint density at radius 2 is 2.20 bits per heavy atom. The number of aryl methyl sites for hydroxylation is 1. The van der Waals surface area contributed by atoms with Crippen LogP contribution in [0, 0.1) is 0 Å². The summed E-state index contributed by atoms with van der Waals surface area (Å²) in [6.07, 6.45) is 1.88. The molecule has 1 aromatic heterocycles. The van der Waals surface area contributed by atoms with E-state index >= 15 is 0 Å². The first-order chi connectivity index (χ1) is 13.9. The number of aromatic nitrogens is 3. The lowest BCUT2D eigenvalue weighted by atomic mass is 9.85. The van der Waals surface area contributed by atoms with Gasteiger partial charge < -0.3 is 15.4 Å². The van der Waals surface area contributed by atoms with E-state index in [1.807, 2.05) is 22.9 Å². The van der Waals surface area contributed by atoms with Crippen LogP contribution in [0.4, 0.5) is 0 Å². The summed E-state index contributed by atoms with van der Waals surface area (Å²) < 4.78 is 7.13. The highest BCUT2D eigenvalue weighted by Gasteiger charge is 2.24. The second kappa shape index (κ2) is 11.3. The summed E-state index contributed by atoms with van der Waals surface area (Å²) in [7, 11) is 1.66. The smallest absolute Gasteiger partial charge is 0.191 e. The Bertz CT molecular complexity index is 854. The molecule has 2 N–H and O–H groups in total. The second-order valence-corrected chi connectivity index (χ2v) is 8.47. The van der Waals surface area contributed by atoms with Crippen LogP contribution in [-0.2, 0) is 29.7 Å². The molecule has 1 atom stereocenters. The Hall–Kier alpha value is -1.39. The predicted molar refractivity (Wildman–Crippen MR) is 132 cm³/mol. The van der Waals surface area contributed by atoms with Gasteiger partial charge in [-0.3, -0.25) is 4.99 Å². The van der Waals surface area contributed by atoms with Crippen LogP contribution in [0.25, 0.3) is 0 Å². The number of hydrogen-bond acceptors (Lipinski definition) is 4. The van der Waals surface area contributed by atoms with Gasteiger partial charge in [0.25, 0.3) is 0 Å². The zero-order valence-corrected chi connectivity index (χ0v) is 21.2. The second-order valence-electron chi connectivity index (χ2n) is 8.03. The quantitative estimate of drug-likeness (QED) is 0.316. The van der Waals surface area contributed by atoms with Crippen molar-refractivity contribution in [2.45, 2.75) is 58.2 Å². The van der Waals surface area contributed by atoms with Gasteiger partial charge in [-0.1, -0.05) is 37.6 Å². The molecule has 1 aromatic carbocycles. The Morgan fingerprint density at radius 1 is 1.40 bits per heavy atom. The van der Waals surface area contributed by atoms with E-state index in [4.69, 9.17) is 21.3 Å². The third kappa shape index (κ3) is 6.55. The molecule has 166 valence electrons. The van der Waals surface area contributed by atoms with Crippen molar-refractivity contribution in [2.24, 2.45) is 4.99 Å². The molecule has 7 nitrogen and oxygen atoms in total. The van der Waals surface area contributed by atoms with Gasteiger partial charge in [0.1, 0.15) is 12.4 Å². The Morgan fingerprint density at radius 3 is 2.90 bits per heavy atom. The van der Waals surface area contributed by atoms with Crippen LogP contribution in [-0.4, -0.2) is 47.0 Å². The molecule has 0 saturated heterocycles. The summed E-state index contributed by atoms with van der Waals surface area (Å²) in [4.78, 5) is 9.40. The Labute approximate surface area is 201 Å². The van der Waals surface area contributed by atoms with Gasteiger partial charge in [0.2, 0.25) is 0 Å². The van der Waals surface area contributed by atoms with Gasteiger partial charge in [-0.15, -0.1) is 24.0 Å². The standard InChI is InChI=1S/C21H31ClN6O.HI/c1-5-23-20(24-14-21(2,3)15-7-6-8-16(22)11-15)25-17-9-10-19-26-18(13-29-4)27-28(19)12-17;/h6-8,11,17H,5,9-10,12-14H2,1-4H3,(H2,23,24,25);1H. The maximum Gasteiger partial charge on any atom is 0.191 e. The Kier molecular flexibility index (Phi) is 9.36. The molecule has 0 amide bonds. The van der Waals surface area contributed by atoms with Crippen molar-refractivity contribution in [1.29, 1.82) is 0 Å². The monoisotopic (exact) mass is 546 g/mol. The minimum absolute atomic E-state index is 0. The van der Waals surface area contributed by atoms with Gasteiger partial charge in [0, 0.05) is 36.6 Å². The summed E-state index contributed by atoms with van der Waals surface area (Å²) in [6, 6.07) is 8.26. The van der Waals surface area contributed by atoms with Crippen molar-refractivity contribution in [2.75, 3.05) is 20.2 Å². The first-order valence-corrected chi connectivity index (χ1v) is 10.5. The minimum atomic E-state index is -0.117. The fourth-order valence-electron chi connectivity index (χ4n) is 3.46. The first-order valence-electron chi connectivity index (χ1n) is 10.1. The molecule has 2 heterocycles. The minimum Gasteiger partial charge on any atom is -0.377 e. The van der Waals surface area contributed by atoms with Crippen LogP contribution in [0.5, 0.6) is 0 Å². The van der Waals surface area contributed by atoms with Crippen LogP contribution in [0.1, 0.15) is 44.4 Å². The molecule has 0 aliphatic carbocycles. The van der Waals surface area contributed by atoms with Gasteiger partial charge in [0.05, 0.1) is 13.1 Å². The number of nitrogens with one attached hydrogen (secondary N) is 2. The summed E-state index contributed by atoms with van der Waals surface area (Å²) in [6.45, 7) is 9.13. The van der Waals surface area contributed by atoms with Gasteiger partial charge in [-0.05, 0) is 31.0 Å². The largest absolute Gasteiger partial charge is 0.377 e. The zero-order valence-electron chi connectivity index (χ0n) is 18.1. The lowest BCUT2D eigenvalue weighted by molar-refractivity contribution is 0.177. The number of rotatable bonds is 7. The van der Waals surface area contributed by atoms with Gasteiger partial charge in [0.15, 0.2) is 11.8 Å². The SMILES string of the molecule is CCNC(=NCC(C)(C)c1cccc(Cl)c1)NC1CCc2nc(COC)nn2C1.I.